The van der Waals surface area contributed by atoms with E-state index in [1.165, 1.54) is 0 Å². The van der Waals surface area contributed by atoms with Gasteiger partial charge in [-0.3, -0.25) is 4.98 Å². The number of aromatic nitrogens is 1. The topological polar surface area (TPSA) is 22.1 Å². The monoisotopic (exact) mass is 335 g/mol. The van der Waals surface area contributed by atoms with Crippen molar-refractivity contribution in [3.63, 3.8) is 0 Å². The molecule has 0 aliphatic heterocycles. The number of hydrogen-bond donors (Lipinski definition) is 0. The van der Waals surface area contributed by atoms with E-state index in [1.54, 1.807) is 29.5 Å². The van der Waals surface area contributed by atoms with Gasteiger partial charge < -0.3 is 4.74 Å². The molecule has 0 bridgehead atoms. The number of aryl methyl sites for hydroxylation is 1. The summed E-state index contributed by atoms with van der Waals surface area (Å²) in [7, 11) is 0. The number of nitrogens with zero attached hydrogens (tertiary/aromatic N) is 1. The highest BCUT2D eigenvalue weighted by molar-refractivity contribution is 14.1. The maximum absolute atomic E-state index is 12.4. The third-order valence-electron chi connectivity index (χ3n) is 1.54. The van der Waals surface area contributed by atoms with Crippen LogP contribution in [0, 0.1) is 10.5 Å². The number of pyridine rings is 1. The molecule has 1 aromatic rings. The molecule has 0 aliphatic rings. The SMILES string of the molecule is Cc1nc(CF)c(OC(F)(F)F)cc1I. The number of rotatable bonds is 2. The average Bonchev–Trinajstić information content (AvgIpc) is 2.08. The van der Waals surface area contributed by atoms with Crippen LogP contribution >= 0.6 is 22.6 Å². The molecule has 7 heteroatoms. The van der Waals surface area contributed by atoms with E-state index in [0.717, 1.165) is 6.07 Å². The van der Waals surface area contributed by atoms with Gasteiger partial charge in [0.05, 0.1) is 5.69 Å². The molecule has 0 unspecified atom stereocenters. The van der Waals surface area contributed by atoms with Crippen LogP contribution in [-0.2, 0) is 6.67 Å². The molecular weight excluding hydrogens is 329 g/mol. The number of hydrogen-bond acceptors (Lipinski definition) is 2. The van der Waals surface area contributed by atoms with E-state index < -0.39 is 18.8 Å². The van der Waals surface area contributed by atoms with Crippen LogP contribution in [-0.4, -0.2) is 11.3 Å². The Morgan fingerprint density at radius 3 is 2.53 bits per heavy atom. The van der Waals surface area contributed by atoms with Crippen molar-refractivity contribution >= 4 is 22.6 Å². The summed E-state index contributed by atoms with van der Waals surface area (Å²) < 4.78 is 52.2. The molecule has 0 saturated heterocycles. The fourth-order valence-electron chi connectivity index (χ4n) is 0.923. The van der Waals surface area contributed by atoms with Crippen molar-refractivity contribution in [1.82, 2.24) is 4.98 Å². The maximum atomic E-state index is 12.4. The second-order valence-corrected chi connectivity index (χ2v) is 3.84. The van der Waals surface area contributed by atoms with Crippen LogP contribution in [0.15, 0.2) is 6.07 Å². The molecule has 84 valence electrons. The Morgan fingerprint density at radius 2 is 2.07 bits per heavy atom. The fraction of sp³-hybridized carbons (Fsp3) is 0.375. The van der Waals surface area contributed by atoms with Gasteiger partial charge in [0, 0.05) is 3.57 Å². The lowest BCUT2D eigenvalue weighted by Gasteiger charge is -2.12. The zero-order valence-corrected chi connectivity index (χ0v) is 9.69. The fourth-order valence-corrected chi connectivity index (χ4v) is 1.33. The molecule has 0 fully saturated rings. The van der Waals surface area contributed by atoms with Crippen LogP contribution in [0.25, 0.3) is 0 Å². The third kappa shape index (κ3) is 3.47. The van der Waals surface area contributed by atoms with Gasteiger partial charge in [0.25, 0.3) is 0 Å². The Balaban J connectivity index is 3.11. The first kappa shape index (κ1) is 12.5. The van der Waals surface area contributed by atoms with Crippen LogP contribution < -0.4 is 4.74 Å². The number of halogens is 5. The second kappa shape index (κ2) is 4.50. The lowest BCUT2D eigenvalue weighted by atomic mass is 10.3. The van der Waals surface area contributed by atoms with Gasteiger partial charge in [-0.1, -0.05) is 0 Å². The average molecular weight is 335 g/mol. The minimum absolute atomic E-state index is 0.342. The first-order valence-electron chi connectivity index (χ1n) is 3.81. The lowest BCUT2D eigenvalue weighted by molar-refractivity contribution is -0.275. The highest BCUT2D eigenvalue weighted by Crippen LogP contribution is 2.28. The molecule has 0 N–H and O–H groups in total. The van der Waals surface area contributed by atoms with E-state index in [9.17, 15) is 17.6 Å². The van der Waals surface area contributed by atoms with Gasteiger partial charge in [0.2, 0.25) is 0 Å². The largest absolute Gasteiger partial charge is 0.573 e. The zero-order valence-electron chi connectivity index (χ0n) is 7.53. The molecule has 0 radical (unpaired) electrons. The summed E-state index contributed by atoms with van der Waals surface area (Å²) in [4.78, 5) is 3.67. The summed E-state index contributed by atoms with van der Waals surface area (Å²) in [6.07, 6.45) is -4.83. The highest BCUT2D eigenvalue weighted by atomic mass is 127. The summed E-state index contributed by atoms with van der Waals surface area (Å²) in [5.41, 5.74) is 0.128. The minimum Gasteiger partial charge on any atom is -0.404 e. The van der Waals surface area contributed by atoms with Crippen molar-refractivity contribution in [3.05, 3.63) is 21.0 Å². The van der Waals surface area contributed by atoms with Gasteiger partial charge in [-0.15, -0.1) is 13.2 Å². The van der Waals surface area contributed by atoms with Crippen molar-refractivity contribution in [2.75, 3.05) is 0 Å². The Labute approximate surface area is 96.8 Å². The van der Waals surface area contributed by atoms with Crippen LogP contribution in [0.2, 0.25) is 0 Å². The van der Waals surface area contributed by atoms with Crippen LogP contribution in [0.5, 0.6) is 5.75 Å². The molecule has 1 aromatic heterocycles. The summed E-state index contributed by atoms with van der Waals surface area (Å²) in [6.45, 7) is 0.488. The summed E-state index contributed by atoms with van der Waals surface area (Å²) in [5, 5.41) is 0. The molecular formula is C8H6F4INO. The molecule has 1 heterocycles. The van der Waals surface area contributed by atoms with Crippen LogP contribution in [0.3, 0.4) is 0 Å². The highest BCUT2D eigenvalue weighted by Gasteiger charge is 2.32. The molecule has 0 amide bonds. The Morgan fingerprint density at radius 1 is 1.47 bits per heavy atom. The van der Waals surface area contributed by atoms with Crippen molar-refractivity contribution in [2.24, 2.45) is 0 Å². The van der Waals surface area contributed by atoms with Gasteiger partial charge >= 0.3 is 6.36 Å². The van der Waals surface area contributed by atoms with Gasteiger partial charge in [0.15, 0.2) is 5.75 Å². The Kier molecular flexibility index (Phi) is 3.74. The van der Waals surface area contributed by atoms with Crippen molar-refractivity contribution in [2.45, 2.75) is 20.0 Å². The van der Waals surface area contributed by atoms with E-state index in [4.69, 9.17) is 0 Å². The predicted molar refractivity (Wildman–Crippen MR) is 53.2 cm³/mol. The molecule has 0 aromatic carbocycles. The van der Waals surface area contributed by atoms with Crippen molar-refractivity contribution in [3.8, 4) is 5.75 Å². The quantitative estimate of drug-likeness (QED) is 0.611. The van der Waals surface area contributed by atoms with E-state index in [-0.39, 0.29) is 5.69 Å². The van der Waals surface area contributed by atoms with Gasteiger partial charge in [-0.05, 0) is 35.6 Å². The molecule has 0 spiro atoms. The van der Waals surface area contributed by atoms with Gasteiger partial charge in [-0.25, -0.2) is 4.39 Å². The first-order chi connectivity index (χ1) is 6.83. The Bertz CT molecular complexity index is 366. The second-order valence-electron chi connectivity index (χ2n) is 2.68. The molecule has 0 saturated carbocycles. The standard InChI is InChI=1S/C8H6F4INO/c1-4-5(13)2-7(6(3-9)14-4)15-8(10,11)12/h2H,3H2,1H3. The molecule has 1 rings (SSSR count). The molecule has 15 heavy (non-hydrogen) atoms. The van der Waals surface area contributed by atoms with E-state index in [0.29, 0.717) is 9.26 Å². The lowest BCUT2D eigenvalue weighted by Crippen LogP contribution is -2.18. The number of alkyl halides is 4. The van der Waals surface area contributed by atoms with Gasteiger partial charge in [0.1, 0.15) is 12.4 Å². The first-order valence-corrected chi connectivity index (χ1v) is 4.89. The minimum atomic E-state index is -4.83. The van der Waals surface area contributed by atoms with Crippen molar-refractivity contribution < 1.29 is 22.3 Å². The van der Waals surface area contributed by atoms with E-state index >= 15 is 0 Å². The van der Waals surface area contributed by atoms with E-state index in [1.807, 2.05) is 0 Å². The normalized spacial score (nSPS) is 11.6. The summed E-state index contributed by atoms with van der Waals surface area (Å²) >= 11 is 1.80. The van der Waals surface area contributed by atoms with Crippen LogP contribution in [0.1, 0.15) is 11.4 Å². The predicted octanol–water partition coefficient (Wildman–Crippen LogP) is 3.36. The Hall–Kier alpha value is -0.600. The summed E-state index contributed by atoms with van der Waals surface area (Å²) in [5.74, 6) is -0.583. The van der Waals surface area contributed by atoms with Crippen molar-refractivity contribution in [1.29, 1.82) is 0 Å². The smallest absolute Gasteiger partial charge is 0.404 e. The van der Waals surface area contributed by atoms with Gasteiger partial charge in [-0.2, -0.15) is 0 Å². The molecule has 0 atom stereocenters. The van der Waals surface area contributed by atoms with E-state index in [2.05, 4.69) is 9.72 Å². The summed E-state index contributed by atoms with van der Waals surface area (Å²) in [6, 6.07) is 1.12. The third-order valence-corrected chi connectivity index (χ3v) is 2.63. The molecule has 2 nitrogen and oxygen atoms in total. The maximum Gasteiger partial charge on any atom is 0.573 e. The zero-order chi connectivity index (χ0) is 11.6. The van der Waals surface area contributed by atoms with Crippen LogP contribution in [0.4, 0.5) is 17.6 Å². The molecule has 0 aliphatic carbocycles. The number of ether oxygens (including phenoxy) is 1.